The van der Waals surface area contributed by atoms with Crippen LogP contribution in [0.4, 0.5) is 4.79 Å². The Labute approximate surface area is 113 Å². The van der Waals surface area contributed by atoms with Gasteiger partial charge in [0.1, 0.15) is 11.1 Å². The molecule has 108 valence electrons. The van der Waals surface area contributed by atoms with Crippen LogP contribution in [-0.4, -0.2) is 28.3 Å². The summed E-state index contributed by atoms with van der Waals surface area (Å²) in [6, 6.07) is 0. The van der Waals surface area contributed by atoms with Crippen molar-refractivity contribution in [2.45, 2.75) is 64.0 Å². The van der Waals surface area contributed by atoms with Gasteiger partial charge in [-0.25, -0.2) is 9.59 Å². The fraction of sp³-hybridized carbons (Fsp3) is 0.857. The summed E-state index contributed by atoms with van der Waals surface area (Å²) in [6.45, 7) is 5.31. The molecule has 0 radical (unpaired) electrons. The van der Waals surface area contributed by atoms with Crippen molar-refractivity contribution in [3.05, 3.63) is 0 Å². The van der Waals surface area contributed by atoms with Crippen molar-refractivity contribution in [1.82, 2.24) is 5.32 Å². The van der Waals surface area contributed by atoms with Crippen LogP contribution in [0.2, 0.25) is 0 Å². The number of alkyl carbamates (subject to hydrolysis) is 1. The van der Waals surface area contributed by atoms with Crippen molar-refractivity contribution < 1.29 is 19.4 Å². The second-order valence-corrected chi connectivity index (χ2v) is 6.83. The van der Waals surface area contributed by atoms with E-state index < -0.39 is 23.2 Å². The Morgan fingerprint density at radius 2 is 1.79 bits per heavy atom. The molecule has 0 saturated heterocycles. The summed E-state index contributed by atoms with van der Waals surface area (Å²) in [5, 5.41) is 12.2. The quantitative estimate of drug-likeness (QED) is 0.807. The summed E-state index contributed by atoms with van der Waals surface area (Å²) in [5.41, 5.74) is -1.74. The van der Waals surface area contributed by atoms with Gasteiger partial charge in [-0.2, -0.15) is 0 Å². The number of hydrogen-bond acceptors (Lipinski definition) is 3. The van der Waals surface area contributed by atoms with E-state index in [9.17, 15) is 14.7 Å². The van der Waals surface area contributed by atoms with Crippen LogP contribution in [0.15, 0.2) is 0 Å². The zero-order valence-electron chi connectivity index (χ0n) is 11.9. The molecule has 5 nitrogen and oxygen atoms in total. The maximum absolute atomic E-state index is 11.9. The minimum Gasteiger partial charge on any atom is -0.479 e. The molecular formula is C14H23NO4. The Kier molecular flexibility index (Phi) is 3.49. The van der Waals surface area contributed by atoms with Gasteiger partial charge in [0.05, 0.1) is 0 Å². The largest absolute Gasteiger partial charge is 0.479 e. The zero-order valence-corrected chi connectivity index (χ0v) is 11.9. The smallest absolute Gasteiger partial charge is 0.408 e. The molecule has 3 aliphatic carbocycles. The first-order valence-electron chi connectivity index (χ1n) is 6.97. The minimum absolute atomic E-state index is 0.0301. The van der Waals surface area contributed by atoms with E-state index >= 15 is 0 Å². The van der Waals surface area contributed by atoms with E-state index in [4.69, 9.17) is 4.74 Å². The molecular weight excluding hydrogens is 246 g/mol. The normalized spacial score (nSPS) is 33.8. The highest BCUT2D eigenvalue weighted by atomic mass is 16.6. The maximum atomic E-state index is 11.9. The topological polar surface area (TPSA) is 75.6 Å². The lowest BCUT2D eigenvalue weighted by Gasteiger charge is -2.49. The number of ether oxygens (including phenoxy) is 1. The van der Waals surface area contributed by atoms with Crippen molar-refractivity contribution in [2.75, 3.05) is 0 Å². The van der Waals surface area contributed by atoms with Gasteiger partial charge in [-0.05, 0) is 64.7 Å². The number of fused-ring (bicyclic) bond motifs is 3. The highest BCUT2D eigenvalue weighted by molar-refractivity contribution is 5.85. The molecule has 3 fully saturated rings. The number of rotatable bonds is 2. The van der Waals surface area contributed by atoms with Crippen LogP contribution in [0.3, 0.4) is 0 Å². The first-order valence-corrected chi connectivity index (χ1v) is 6.97. The molecule has 1 amide bonds. The average Bonchev–Trinajstić information content (AvgIpc) is 2.27. The maximum Gasteiger partial charge on any atom is 0.408 e. The van der Waals surface area contributed by atoms with Gasteiger partial charge in [-0.1, -0.05) is 0 Å². The number of carboxylic acids is 1. The molecule has 2 N–H and O–H groups in total. The molecule has 2 bridgehead atoms. The van der Waals surface area contributed by atoms with Gasteiger partial charge in [0, 0.05) is 0 Å². The number of aliphatic carboxylic acids is 1. The number of hydrogen-bond donors (Lipinski definition) is 2. The van der Waals surface area contributed by atoms with Crippen LogP contribution in [0.5, 0.6) is 0 Å². The molecule has 3 aliphatic rings. The van der Waals surface area contributed by atoms with E-state index in [0.29, 0.717) is 12.3 Å². The van der Waals surface area contributed by atoms with Crippen LogP contribution in [-0.2, 0) is 9.53 Å². The average molecular weight is 269 g/mol. The summed E-state index contributed by atoms with van der Waals surface area (Å²) in [4.78, 5) is 23.6. The lowest BCUT2D eigenvalue weighted by Crippen LogP contribution is -2.64. The third kappa shape index (κ3) is 2.85. The summed E-state index contributed by atoms with van der Waals surface area (Å²) in [7, 11) is 0. The molecule has 5 heteroatoms. The Morgan fingerprint density at radius 3 is 2.16 bits per heavy atom. The number of amides is 1. The van der Waals surface area contributed by atoms with Gasteiger partial charge >= 0.3 is 12.1 Å². The molecule has 3 rings (SSSR count). The molecule has 0 unspecified atom stereocenters. The van der Waals surface area contributed by atoms with Crippen LogP contribution in [0.1, 0.15) is 52.9 Å². The lowest BCUT2D eigenvalue weighted by molar-refractivity contribution is -0.152. The fourth-order valence-electron chi connectivity index (χ4n) is 3.44. The van der Waals surface area contributed by atoms with Gasteiger partial charge in [-0.15, -0.1) is 0 Å². The first-order chi connectivity index (χ1) is 8.73. The van der Waals surface area contributed by atoms with E-state index in [1.807, 2.05) is 0 Å². The standard InChI is InChI=1S/C14H23NO4/c1-13(2,3)19-12(18)15-14(11(16)17)8-9-4-6-10(14)7-5-9/h9-10H,4-8H2,1-3H3,(H,15,18)(H,16,17)/t9?,10?,14-/m1/s1. The third-order valence-electron chi connectivity index (χ3n) is 4.26. The summed E-state index contributed by atoms with van der Waals surface area (Å²) < 4.78 is 5.21. The second-order valence-electron chi connectivity index (χ2n) is 6.83. The molecule has 19 heavy (non-hydrogen) atoms. The Bertz CT molecular complexity index is 379. The summed E-state index contributed by atoms with van der Waals surface area (Å²) in [6.07, 6.45) is 3.83. The van der Waals surface area contributed by atoms with E-state index in [0.717, 1.165) is 25.7 Å². The van der Waals surface area contributed by atoms with Gasteiger partial charge in [-0.3, -0.25) is 0 Å². The van der Waals surface area contributed by atoms with Crippen molar-refractivity contribution in [1.29, 1.82) is 0 Å². The van der Waals surface area contributed by atoms with Crippen LogP contribution >= 0.6 is 0 Å². The molecule has 0 spiro atoms. The van der Waals surface area contributed by atoms with Crippen LogP contribution < -0.4 is 5.32 Å². The van der Waals surface area contributed by atoms with E-state index in [2.05, 4.69) is 5.32 Å². The summed E-state index contributed by atoms with van der Waals surface area (Å²) in [5.74, 6) is -0.480. The van der Waals surface area contributed by atoms with Gasteiger partial charge in [0.15, 0.2) is 0 Å². The number of carbonyl (C=O) groups is 2. The molecule has 1 atom stereocenters. The Hall–Kier alpha value is -1.26. The van der Waals surface area contributed by atoms with Gasteiger partial charge < -0.3 is 15.2 Å². The zero-order chi connectivity index (χ0) is 14.3. The van der Waals surface area contributed by atoms with E-state index in [1.165, 1.54) is 0 Å². The van der Waals surface area contributed by atoms with Crippen molar-refractivity contribution in [3.8, 4) is 0 Å². The van der Waals surface area contributed by atoms with Crippen molar-refractivity contribution >= 4 is 12.1 Å². The van der Waals surface area contributed by atoms with Crippen LogP contribution in [0, 0.1) is 11.8 Å². The minimum atomic E-state index is -1.12. The highest BCUT2D eigenvalue weighted by Crippen LogP contribution is 2.47. The first kappa shape index (κ1) is 14.2. The third-order valence-corrected chi connectivity index (χ3v) is 4.26. The highest BCUT2D eigenvalue weighted by Gasteiger charge is 2.54. The molecule has 0 aromatic rings. The van der Waals surface area contributed by atoms with Gasteiger partial charge in [0.25, 0.3) is 0 Å². The number of carbonyl (C=O) groups excluding carboxylic acids is 1. The monoisotopic (exact) mass is 269 g/mol. The number of carboxylic acid groups (broad SMARTS) is 1. The Balaban J connectivity index is 2.13. The predicted octanol–water partition coefficient (Wildman–Crippen LogP) is 2.54. The van der Waals surface area contributed by atoms with Crippen molar-refractivity contribution in [3.63, 3.8) is 0 Å². The molecule has 0 heterocycles. The molecule has 3 saturated carbocycles. The van der Waals surface area contributed by atoms with Gasteiger partial charge in [0.2, 0.25) is 0 Å². The second kappa shape index (κ2) is 4.69. The fourth-order valence-corrected chi connectivity index (χ4v) is 3.44. The number of nitrogens with one attached hydrogen (secondary N) is 1. The predicted molar refractivity (Wildman–Crippen MR) is 69.8 cm³/mol. The van der Waals surface area contributed by atoms with Crippen molar-refractivity contribution in [2.24, 2.45) is 11.8 Å². The molecule has 0 aliphatic heterocycles. The Morgan fingerprint density at radius 1 is 1.21 bits per heavy atom. The molecule has 0 aromatic heterocycles. The summed E-state index contributed by atoms with van der Waals surface area (Å²) >= 11 is 0. The SMILES string of the molecule is CC(C)(C)OC(=O)N[C@]1(C(=O)O)CC2CCC1CC2. The lowest BCUT2D eigenvalue weighted by atomic mass is 9.60. The van der Waals surface area contributed by atoms with E-state index in [-0.39, 0.29) is 5.92 Å². The van der Waals surface area contributed by atoms with Crippen LogP contribution in [0.25, 0.3) is 0 Å². The van der Waals surface area contributed by atoms with E-state index in [1.54, 1.807) is 20.8 Å². The molecule has 0 aromatic carbocycles.